The van der Waals surface area contributed by atoms with Gasteiger partial charge in [-0.3, -0.25) is 0 Å². The van der Waals surface area contributed by atoms with Gasteiger partial charge in [-0.15, -0.1) is 0 Å². The molecule has 0 aliphatic rings. The number of nitriles is 1. The van der Waals surface area contributed by atoms with Gasteiger partial charge < -0.3 is 4.74 Å². The smallest absolute Gasteiger partial charge is 0.0605 e. The lowest BCUT2D eigenvalue weighted by molar-refractivity contribution is -0.102. The summed E-state index contributed by atoms with van der Waals surface area (Å²) in [4.78, 5) is 0. The second-order valence-electron chi connectivity index (χ2n) is 4.55. The molecule has 0 aromatic heterocycles. The van der Waals surface area contributed by atoms with E-state index in [9.17, 15) is 0 Å². The van der Waals surface area contributed by atoms with E-state index >= 15 is 0 Å². The third-order valence-electron chi connectivity index (χ3n) is 0.612. The van der Waals surface area contributed by atoms with Crippen molar-refractivity contribution in [2.45, 2.75) is 59.7 Å². The molecule has 72 valence electrons. The fourth-order valence-corrected chi connectivity index (χ4v) is 0.919. The summed E-state index contributed by atoms with van der Waals surface area (Å²) >= 11 is 0. The zero-order valence-corrected chi connectivity index (χ0v) is 9.36. The molecule has 0 aromatic carbocycles. The molecule has 0 aliphatic carbocycles. The highest BCUT2D eigenvalue weighted by Crippen LogP contribution is 2.17. The summed E-state index contributed by atoms with van der Waals surface area (Å²) in [5, 5.41) is 7.32. The van der Waals surface area contributed by atoms with Gasteiger partial charge in [-0.05, 0) is 41.5 Å². The van der Waals surface area contributed by atoms with E-state index in [1.54, 1.807) is 6.07 Å². The van der Waals surface area contributed by atoms with E-state index in [1.807, 2.05) is 0 Å². The minimum Gasteiger partial charge on any atom is -0.370 e. The standard InChI is InChI=1S/C8H18O.C2H3N/c1-7(2,3)9-8(4,5)6;1-2-3/h1-6H3;1H3. The van der Waals surface area contributed by atoms with Crippen LogP contribution in [0.4, 0.5) is 0 Å². The van der Waals surface area contributed by atoms with Crippen LogP contribution in [0.5, 0.6) is 0 Å². The van der Waals surface area contributed by atoms with Crippen LogP contribution in [-0.4, -0.2) is 11.2 Å². The fourth-order valence-electron chi connectivity index (χ4n) is 0.919. The average Bonchev–Trinajstić information content (AvgIpc) is 1.53. The topological polar surface area (TPSA) is 33.0 Å². The second-order valence-corrected chi connectivity index (χ2v) is 4.55. The monoisotopic (exact) mass is 171 g/mol. The van der Waals surface area contributed by atoms with Gasteiger partial charge >= 0.3 is 0 Å². The zero-order chi connectivity index (χ0) is 10.4. The van der Waals surface area contributed by atoms with Gasteiger partial charge in [0.1, 0.15) is 0 Å². The maximum absolute atomic E-state index is 7.32. The molecule has 0 saturated heterocycles. The van der Waals surface area contributed by atoms with Crippen molar-refractivity contribution >= 4 is 0 Å². The normalized spacial score (nSPS) is 11.2. The van der Waals surface area contributed by atoms with Crippen molar-refractivity contribution in [2.24, 2.45) is 0 Å². The maximum Gasteiger partial charge on any atom is 0.0605 e. The van der Waals surface area contributed by atoms with Crippen molar-refractivity contribution < 1.29 is 4.74 Å². The number of rotatable bonds is 0. The van der Waals surface area contributed by atoms with Crippen LogP contribution in [0.15, 0.2) is 0 Å². The third kappa shape index (κ3) is 22.7. The summed E-state index contributed by atoms with van der Waals surface area (Å²) in [6.07, 6.45) is 0. The molecule has 0 fully saturated rings. The highest BCUT2D eigenvalue weighted by atomic mass is 16.5. The summed E-state index contributed by atoms with van der Waals surface area (Å²) in [5.74, 6) is 0. The van der Waals surface area contributed by atoms with Crippen LogP contribution in [0.1, 0.15) is 48.5 Å². The Balaban J connectivity index is 0. The van der Waals surface area contributed by atoms with Gasteiger partial charge in [0.15, 0.2) is 0 Å². The second kappa shape index (κ2) is 5.16. The molecule has 0 N–H and O–H groups in total. The first-order valence-electron chi connectivity index (χ1n) is 4.13. The summed E-state index contributed by atoms with van der Waals surface area (Å²) in [5.41, 5.74) is -0.0312. The van der Waals surface area contributed by atoms with Gasteiger partial charge in [-0.2, -0.15) is 5.26 Å². The number of nitrogens with zero attached hydrogens (tertiary/aromatic N) is 1. The Morgan fingerprint density at radius 3 is 1.08 bits per heavy atom. The van der Waals surface area contributed by atoms with Gasteiger partial charge in [0.05, 0.1) is 17.3 Å². The van der Waals surface area contributed by atoms with E-state index in [0.29, 0.717) is 0 Å². The van der Waals surface area contributed by atoms with Crippen LogP contribution < -0.4 is 0 Å². The Bertz CT molecular complexity index is 131. The van der Waals surface area contributed by atoms with E-state index < -0.39 is 0 Å². The molecule has 0 atom stereocenters. The molecule has 0 spiro atoms. The largest absolute Gasteiger partial charge is 0.370 e. The molecule has 0 amide bonds. The zero-order valence-electron chi connectivity index (χ0n) is 9.36. The van der Waals surface area contributed by atoms with Crippen LogP contribution >= 0.6 is 0 Å². The minimum absolute atomic E-state index is 0.0156. The molecule has 12 heavy (non-hydrogen) atoms. The predicted octanol–water partition coefficient (Wildman–Crippen LogP) is 3.13. The molecule has 0 rings (SSSR count). The van der Waals surface area contributed by atoms with E-state index in [2.05, 4.69) is 41.5 Å². The molecule has 0 bridgehead atoms. The summed E-state index contributed by atoms with van der Waals surface area (Å²) in [7, 11) is 0. The molecule has 0 radical (unpaired) electrons. The fraction of sp³-hybridized carbons (Fsp3) is 0.900. The van der Waals surface area contributed by atoms with E-state index in [4.69, 9.17) is 10.00 Å². The highest BCUT2D eigenvalue weighted by molar-refractivity contribution is 4.68. The van der Waals surface area contributed by atoms with Crippen LogP contribution in [-0.2, 0) is 4.74 Å². The quantitative estimate of drug-likeness (QED) is 0.561. The lowest BCUT2D eigenvalue weighted by Crippen LogP contribution is -2.31. The molecule has 0 unspecified atom stereocenters. The number of ether oxygens (including phenoxy) is 1. The van der Waals surface area contributed by atoms with Crippen molar-refractivity contribution in [1.29, 1.82) is 5.26 Å². The third-order valence-corrected chi connectivity index (χ3v) is 0.612. The Labute approximate surface area is 76.5 Å². The van der Waals surface area contributed by atoms with E-state index in [1.165, 1.54) is 6.92 Å². The Hall–Kier alpha value is -0.550. The van der Waals surface area contributed by atoms with Gasteiger partial charge in [-0.25, -0.2) is 0 Å². The highest BCUT2D eigenvalue weighted by Gasteiger charge is 2.19. The number of hydrogen-bond donors (Lipinski definition) is 0. The summed E-state index contributed by atoms with van der Waals surface area (Å²) < 4.78 is 5.62. The van der Waals surface area contributed by atoms with Crippen LogP contribution in [0.2, 0.25) is 0 Å². The van der Waals surface area contributed by atoms with Crippen molar-refractivity contribution in [3.63, 3.8) is 0 Å². The first-order valence-corrected chi connectivity index (χ1v) is 4.13. The molecule has 0 aliphatic heterocycles. The van der Waals surface area contributed by atoms with Crippen LogP contribution in [0.25, 0.3) is 0 Å². The summed E-state index contributed by atoms with van der Waals surface area (Å²) in [6, 6.07) is 1.75. The Morgan fingerprint density at radius 1 is 0.917 bits per heavy atom. The molecular weight excluding hydrogens is 150 g/mol. The SMILES string of the molecule is CC#N.CC(C)(C)OC(C)(C)C. The van der Waals surface area contributed by atoms with Crippen molar-refractivity contribution in [3.8, 4) is 6.07 Å². The van der Waals surface area contributed by atoms with Gasteiger partial charge in [-0.1, -0.05) is 0 Å². The van der Waals surface area contributed by atoms with Crippen LogP contribution in [0, 0.1) is 11.3 Å². The van der Waals surface area contributed by atoms with Gasteiger partial charge in [0.2, 0.25) is 0 Å². The van der Waals surface area contributed by atoms with E-state index in [-0.39, 0.29) is 11.2 Å². The lowest BCUT2D eigenvalue weighted by atomic mass is 10.1. The minimum atomic E-state index is -0.0156. The molecule has 0 heterocycles. The summed E-state index contributed by atoms with van der Waals surface area (Å²) in [6.45, 7) is 13.8. The average molecular weight is 171 g/mol. The lowest BCUT2D eigenvalue weighted by Gasteiger charge is -2.30. The Morgan fingerprint density at radius 2 is 1.08 bits per heavy atom. The first kappa shape index (κ1) is 14.0. The van der Waals surface area contributed by atoms with Crippen molar-refractivity contribution in [1.82, 2.24) is 0 Å². The van der Waals surface area contributed by atoms with Crippen molar-refractivity contribution in [2.75, 3.05) is 0 Å². The number of hydrogen-bond acceptors (Lipinski definition) is 2. The molecule has 0 aromatic rings. The van der Waals surface area contributed by atoms with E-state index in [0.717, 1.165) is 0 Å². The molecule has 2 nitrogen and oxygen atoms in total. The van der Waals surface area contributed by atoms with Crippen molar-refractivity contribution in [3.05, 3.63) is 0 Å². The molecule has 0 saturated carbocycles. The van der Waals surface area contributed by atoms with Gasteiger partial charge in [0.25, 0.3) is 0 Å². The molecule has 2 heteroatoms. The predicted molar refractivity (Wildman–Crippen MR) is 51.9 cm³/mol. The Kier molecular flexibility index (Phi) is 6.02. The maximum atomic E-state index is 7.32. The van der Waals surface area contributed by atoms with Crippen LogP contribution in [0.3, 0.4) is 0 Å². The molecular formula is C10H21NO. The first-order chi connectivity index (χ1) is 5.12. The van der Waals surface area contributed by atoms with Gasteiger partial charge in [0, 0.05) is 6.92 Å².